The van der Waals surface area contributed by atoms with Crippen molar-refractivity contribution in [2.24, 2.45) is 0 Å². The fourth-order valence-electron chi connectivity index (χ4n) is 4.23. The highest BCUT2D eigenvalue weighted by atomic mass is 19.3. The number of amides is 2. The molecule has 0 saturated carbocycles. The number of fused-ring (bicyclic) bond motifs is 1. The van der Waals surface area contributed by atoms with Crippen LogP contribution in [-0.4, -0.2) is 42.3 Å². The average molecular weight is 569 g/mol. The van der Waals surface area contributed by atoms with Crippen LogP contribution in [0.2, 0.25) is 0 Å². The number of benzene rings is 2. The molecule has 3 rings (SSSR count). The molecule has 0 saturated heterocycles. The summed E-state index contributed by atoms with van der Waals surface area (Å²) in [5.74, 6) is -2.96. The maximum Gasteiger partial charge on any atom is 0.408 e. The SMILES string of the molecule is CCOC(=O)c1cc2c(cc1F)C(C)(F)CC(NC(=O)OC(C)(C)C)C(=O)N2Cc1ccc(OC(C)(F)F)cc1. The summed E-state index contributed by atoms with van der Waals surface area (Å²) >= 11 is 0. The number of anilines is 1. The van der Waals surface area contributed by atoms with E-state index in [1.54, 1.807) is 20.8 Å². The number of esters is 1. The highest BCUT2D eigenvalue weighted by molar-refractivity contribution is 6.02. The summed E-state index contributed by atoms with van der Waals surface area (Å²) in [7, 11) is 0. The van der Waals surface area contributed by atoms with Gasteiger partial charge in [0.2, 0.25) is 5.91 Å². The minimum absolute atomic E-state index is 0.0497. The lowest BCUT2D eigenvalue weighted by Gasteiger charge is -2.27. The summed E-state index contributed by atoms with van der Waals surface area (Å²) in [5.41, 5.74) is -3.69. The van der Waals surface area contributed by atoms with E-state index < -0.39 is 59.2 Å². The van der Waals surface area contributed by atoms with Crippen LogP contribution in [0.1, 0.15) is 69.4 Å². The molecule has 218 valence electrons. The van der Waals surface area contributed by atoms with Gasteiger partial charge in [0.1, 0.15) is 28.9 Å². The Morgan fingerprint density at radius 1 is 1.12 bits per heavy atom. The Labute approximate surface area is 229 Å². The van der Waals surface area contributed by atoms with E-state index in [-0.39, 0.29) is 30.2 Å². The first-order valence-corrected chi connectivity index (χ1v) is 12.6. The topological polar surface area (TPSA) is 94.2 Å². The molecule has 2 aromatic carbocycles. The third kappa shape index (κ3) is 7.64. The number of carbonyl (C=O) groups is 3. The second-order valence-electron chi connectivity index (χ2n) is 10.6. The highest BCUT2D eigenvalue weighted by Gasteiger charge is 2.44. The van der Waals surface area contributed by atoms with E-state index >= 15 is 8.78 Å². The fourth-order valence-corrected chi connectivity index (χ4v) is 4.23. The zero-order chi connectivity index (χ0) is 30.0. The van der Waals surface area contributed by atoms with Crippen LogP contribution >= 0.6 is 0 Å². The molecule has 2 amide bonds. The van der Waals surface area contributed by atoms with Gasteiger partial charge in [0.25, 0.3) is 0 Å². The van der Waals surface area contributed by atoms with Crippen molar-refractivity contribution in [3.05, 3.63) is 58.9 Å². The summed E-state index contributed by atoms with van der Waals surface area (Å²) in [5, 5.41) is 2.40. The van der Waals surface area contributed by atoms with Crippen LogP contribution in [0, 0.1) is 5.82 Å². The number of carbonyl (C=O) groups excluding carboxylic acids is 3. The molecule has 0 radical (unpaired) electrons. The maximum absolute atomic E-state index is 16.2. The molecular formula is C28H32F4N2O6. The average Bonchev–Trinajstić information content (AvgIpc) is 2.86. The van der Waals surface area contributed by atoms with Crippen LogP contribution in [0.3, 0.4) is 0 Å². The molecule has 2 unspecified atom stereocenters. The van der Waals surface area contributed by atoms with Gasteiger partial charge in [-0.3, -0.25) is 4.79 Å². The predicted octanol–water partition coefficient (Wildman–Crippen LogP) is 6.01. The van der Waals surface area contributed by atoms with Crippen LogP contribution in [0.15, 0.2) is 36.4 Å². The van der Waals surface area contributed by atoms with Crippen LogP contribution in [0.25, 0.3) is 0 Å². The number of halogens is 4. The van der Waals surface area contributed by atoms with E-state index in [0.717, 1.165) is 24.0 Å². The summed E-state index contributed by atoms with van der Waals surface area (Å²) in [6.07, 6.45) is -4.94. The molecule has 2 aromatic rings. The lowest BCUT2D eigenvalue weighted by Crippen LogP contribution is -2.50. The van der Waals surface area contributed by atoms with Gasteiger partial charge in [0.05, 0.1) is 24.4 Å². The van der Waals surface area contributed by atoms with E-state index in [1.807, 2.05) is 0 Å². The monoisotopic (exact) mass is 568 g/mol. The van der Waals surface area contributed by atoms with Crippen molar-refractivity contribution in [3.63, 3.8) is 0 Å². The van der Waals surface area contributed by atoms with Crippen molar-refractivity contribution >= 4 is 23.7 Å². The lowest BCUT2D eigenvalue weighted by molar-refractivity contribution is -0.158. The number of alkyl halides is 3. The molecule has 0 fully saturated rings. The lowest BCUT2D eigenvalue weighted by atomic mass is 9.90. The zero-order valence-electron chi connectivity index (χ0n) is 23.1. The molecule has 40 heavy (non-hydrogen) atoms. The Hall–Kier alpha value is -3.83. The first-order chi connectivity index (χ1) is 18.4. The molecule has 1 aliphatic heterocycles. The van der Waals surface area contributed by atoms with Crippen LogP contribution in [0.4, 0.5) is 28.0 Å². The zero-order valence-corrected chi connectivity index (χ0v) is 23.1. The largest absolute Gasteiger partial charge is 0.462 e. The van der Waals surface area contributed by atoms with Crippen molar-refractivity contribution in [3.8, 4) is 5.75 Å². The quantitative estimate of drug-likeness (QED) is 0.325. The molecular weight excluding hydrogens is 536 g/mol. The van der Waals surface area contributed by atoms with Crippen molar-refractivity contribution in [1.82, 2.24) is 5.32 Å². The van der Waals surface area contributed by atoms with Gasteiger partial charge in [-0.05, 0) is 64.4 Å². The Morgan fingerprint density at radius 3 is 2.30 bits per heavy atom. The summed E-state index contributed by atoms with van der Waals surface area (Å²) in [4.78, 5) is 39.9. The van der Waals surface area contributed by atoms with Crippen LogP contribution < -0.4 is 15.0 Å². The van der Waals surface area contributed by atoms with Crippen molar-refractivity contribution in [2.75, 3.05) is 11.5 Å². The Morgan fingerprint density at radius 2 is 1.75 bits per heavy atom. The number of nitrogens with zero attached hydrogens (tertiary/aromatic N) is 1. The maximum atomic E-state index is 16.2. The molecule has 0 spiro atoms. The predicted molar refractivity (Wildman–Crippen MR) is 137 cm³/mol. The van der Waals surface area contributed by atoms with Gasteiger partial charge < -0.3 is 24.4 Å². The fraction of sp³-hybridized carbons (Fsp3) is 0.464. The van der Waals surface area contributed by atoms with Gasteiger partial charge in [-0.25, -0.2) is 18.4 Å². The molecule has 1 heterocycles. The second-order valence-corrected chi connectivity index (χ2v) is 10.6. The standard InChI is InChI=1S/C28H32F4N2O6/c1-7-38-24(36)18-12-22-19(13-20(18)29)27(5,30)14-21(33-25(37)40-26(2,3)4)23(35)34(22)15-16-8-10-17(11-9-16)39-28(6,31)32/h8-13,21H,7,14-15H2,1-6H3,(H,33,37). The molecule has 2 atom stereocenters. The Bertz CT molecular complexity index is 1270. The van der Waals surface area contributed by atoms with Gasteiger partial charge in [-0.15, -0.1) is 0 Å². The van der Waals surface area contributed by atoms with Gasteiger partial charge in [-0.2, -0.15) is 8.78 Å². The highest BCUT2D eigenvalue weighted by Crippen LogP contribution is 2.42. The number of hydrogen-bond acceptors (Lipinski definition) is 6. The van der Waals surface area contributed by atoms with E-state index in [1.165, 1.54) is 31.2 Å². The molecule has 0 aliphatic carbocycles. The number of nitrogens with one attached hydrogen (secondary N) is 1. The number of alkyl carbamates (subject to hydrolysis) is 1. The Kier molecular flexibility index (Phi) is 8.71. The van der Waals surface area contributed by atoms with Gasteiger partial charge in [-0.1, -0.05) is 12.1 Å². The normalized spacial score (nSPS) is 19.4. The van der Waals surface area contributed by atoms with Gasteiger partial charge in [0.15, 0.2) is 0 Å². The smallest absolute Gasteiger partial charge is 0.408 e. The second kappa shape index (κ2) is 11.3. The van der Waals surface area contributed by atoms with Gasteiger partial charge in [0, 0.05) is 18.9 Å². The molecule has 0 bridgehead atoms. The molecule has 1 aliphatic rings. The van der Waals surface area contributed by atoms with E-state index in [9.17, 15) is 23.2 Å². The summed E-state index contributed by atoms with van der Waals surface area (Å²) in [6, 6.07) is 5.79. The molecule has 8 nitrogen and oxygen atoms in total. The van der Waals surface area contributed by atoms with Crippen LogP contribution in [-0.2, 0) is 26.5 Å². The number of rotatable bonds is 7. The first kappa shape index (κ1) is 30.7. The molecule has 12 heteroatoms. The van der Waals surface area contributed by atoms with Crippen molar-refractivity contribution < 1.29 is 46.2 Å². The molecule has 1 N–H and O–H groups in total. The van der Waals surface area contributed by atoms with Crippen molar-refractivity contribution in [2.45, 2.75) is 77.9 Å². The van der Waals surface area contributed by atoms with Crippen LogP contribution in [0.5, 0.6) is 5.75 Å². The van der Waals surface area contributed by atoms with Crippen molar-refractivity contribution in [1.29, 1.82) is 0 Å². The van der Waals surface area contributed by atoms with E-state index in [0.29, 0.717) is 12.5 Å². The third-order valence-electron chi connectivity index (χ3n) is 5.84. The molecule has 0 aromatic heterocycles. The third-order valence-corrected chi connectivity index (χ3v) is 5.84. The van der Waals surface area contributed by atoms with E-state index in [4.69, 9.17) is 9.47 Å². The minimum Gasteiger partial charge on any atom is -0.462 e. The minimum atomic E-state index is -3.42. The summed E-state index contributed by atoms with van der Waals surface area (Å²) < 4.78 is 72.3. The summed E-state index contributed by atoms with van der Waals surface area (Å²) in [6.45, 7) is 7.80. The van der Waals surface area contributed by atoms with Gasteiger partial charge >= 0.3 is 18.2 Å². The van der Waals surface area contributed by atoms with E-state index in [2.05, 4.69) is 10.1 Å². The Balaban J connectivity index is 2.09. The number of ether oxygens (including phenoxy) is 3. The first-order valence-electron chi connectivity index (χ1n) is 12.6. The number of hydrogen-bond donors (Lipinski definition) is 1.